The zero-order chi connectivity index (χ0) is 30.3. The fraction of sp³-hybridized carbons (Fsp3) is 0.412. The van der Waals surface area contributed by atoms with E-state index in [-0.39, 0.29) is 17.9 Å². The maximum atomic E-state index is 16.3. The van der Waals surface area contributed by atoms with E-state index in [1.54, 1.807) is 17.0 Å². The first kappa shape index (κ1) is 29.4. The predicted octanol–water partition coefficient (Wildman–Crippen LogP) is 7.15. The van der Waals surface area contributed by atoms with Gasteiger partial charge in [0.1, 0.15) is 11.4 Å². The molecule has 3 aromatic rings. The summed E-state index contributed by atoms with van der Waals surface area (Å²) in [6, 6.07) is 8.94. The van der Waals surface area contributed by atoms with Crippen molar-refractivity contribution < 1.29 is 32.9 Å². The number of methoxy groups -OCH3 is 1. The highest BCUT2D eigenvalue weighted by molar-refractivity contribution is 5.88. The summed E-state index contributed by atoms with van der Waals surface area (Å²) in [6.45, 7) is 12.6. The van der Waals surface area contributed by atoms with E-state index in [2.05, 4.69) is 0 Å². The number of ether oxygens (including phenoxy) is 4. The van der Waals surface area contributed by atoms with Crippen LogP contribution < -0.4 is 14.2 Å². The van der Waals surface area contributed by atoms with Crippen molar-refractivity contribution in [2.24, 2.45) is 0 Å². The number of amides is 1. The van der Waals surface area contributed by atoms with E-state index in [0.29, 0.717) is 37.4 Å². The number of esters is 1. The Balaban J connectivity index is 1.71. The summed E-state index contributed by atoms with van der Waals surface area (Å²) in [5.41, 5.74) is 6.68. The summed E-state index contributed by atoms with van der Waals surface area (Å²) in [6.07, 6.45) is 0.985. The number of carbonyl (C=O) groups is 2. The second-order valence-electron chi connectivity index (χ2n) is 12.0. The van der Waals surface area contributed by atoms with Crippen LogP contribution in [-0.2, 0) is 35.5 Å². The molecular weight excluding hydrogens is 537 g/mol. The van der Waals surface area contributed by atoms with E-state index in [1.807, 2.05) is 59.7 Å². The molecular formula is C34H38FNO6. The molecule has 0 radical (unpaired) electrons. The van der Waals surface area contributed by atoms with Crippen molar-refractivity contribution in [2.75, 3.05) is 13.7 Å². The molecule has 222 valence electrons. The zero-order valence-electron chi connectivity index (χ0n) is 25.4. The minimum atomic E-state index is -0.703. The molecule has 42 heavy (non-hydrogen) atoms. The third-order valence-electron chi connectivity index (χ3n) is 8.06. The number of benzene rings is 3. The van der Waals surface area contributed by atoms with Crippen LogP contribution >= 0.6 is 0 Å². The molecule has 0 spiro atoms. The molecule has 8 heteroatoms. The molecule has 0 aliphatic carbocycles. The van der Waals surface area contributed by atoms with Crippen molar-refractivity contribution in [3.8, 4) is 28.4 Å². The molecule has 2 aliphatic rings. The van der Waals surface area contributed by atoms with Crippen molar-refractivity contribution in [1.82, 2.24) is 4.90 Å². The Morgan fingerprint density at radius 1 is 0.952 bits per heavy atom. The van der Waals surface area contributed by atoms with Crippen molar-refractivity contribution in [1.29, 1.82) is 0 Å². The predicted molar refractivity (Wildman–Crippen MR) is 158 cm³/mol. The maximum Gasteiger partial charge on any atom is 0.415 e. The highest BCUT2D eigenvalue weighted by atomic mass is 19.1. The summed E-state index contributed by atoms with van der Waals surface area (Å²) >= 11 is 0. The molecule has 0 fully saturated rings. The number of para-hydroxylation sites is 1. The minimum absolute atomic E-state index is 0.0101. The summed E-state index contributed by atoms with van der Waals surface area (Å²) in [5.74, 6) is -0.135. The molecule has 7 nitrogen and oxygen atoms in total. The van der Waals surface area contributed by atoms with Gasteiger partial charge >= 0.3 is 12.1 Å². The molecule has 5 rings (SSSR count). The highest BCUT2D eigenvalue weighted by Crippen LogP contribution is 2.50. The molecule has 3 aromatic carbocycles. The van der Waals surface area contributed by atoms with Crippen LogP contribution in [0.25, 0.3) is 11.1 Å². The Hall–Kier alpha value is -4.07. The van der Waals surface area contributed by atoms with Gasteiger partial charge in [0.15, 0.2) is 11.5 Å². The van der Waals surface area contributed by atoms with Crippen molar-refractivity contribution in [2.45, 2.75) is 79.5 Å². The lowest BCUT2D eigenvalue weighted by atomic mass is 9.81. The van der Waals surface area contributed by atoms with E-state index in [4.69, 9.17) is 18.9 Å². The van der Waals surface area contributed by atoms with Crippen LogP contribution in [0.3, 0.4) is 0 Å². The van der Waals surface area contributed by atoms with E-state index >= 15 is 4.39 Å². The SMILES string of the molecule is COC(=O)Cc1c(C)c2c(c(C)c1-c1c(C)c3c(c(F)c1OC(C)(C)C)OCCC3)CN(C(=O)Oc1ccccc1)C2. The van der Waals surface area contributed by atoms with Gasteiger partial charge in [-0.25, -0.2) is 4.79 Å². The topological polar surface area (TPSA) is 74.3 Å². The molecule has 0 atom stereocenters. The van der Waals surface area contributed by atoms with E-state index in [1.165, 1.54) is 7.11 Å². The van der Waals surface area contributed by atoms with E-state index in [0.717, 1.165) is 50.9 Å². The Bertz CT molecular complexity index is 1560. The van der Waals surface area contributed by atoms with Gasteiger partial charge in [0.05, 0.1) is 26.7 Å². The van der Waals surface area contributed by atoms with Crippen LogP contribution in [0, 0.1) is 26.6 Å². The maximum absolute atomic E-state index is 16.3. The molecule has 0 saturated heterocycles. The van der Waals surface area contributed by atoms with Crippen molar-refractivity contribution >= 4 is 12.1 Å². The molecule has 0 N–H and O–H groups in total. The largest absolute Gasteiger partial charge is 0.490 e. The number of nitrogens with zero attached hydrogens (tertiary/aromatic N) is 1. The van der Waals surface area contributed by atoms with E-state index in [9.17, 15) is 9.59 Å². The van der Waals surface area contributed by atoms with Crippen LogP contribution in [-0.4, -0.2) is 36.3 Å². The Kier molecular flexibility index (Phi) is 7.92. The zero-order valence-corrected chi connectivity index (χ0v) is 25.4. The van der Waals surface area contributed by atoms with Gasteiger partial charge in [-0.1, -0.05) is 18.2 Å². The standard InChI is InChI=1S/C34H38FNO6/c1-19-24(16-27(37)39-7)28(21(3)26-18-36(17-25(19)26)33(38)41-22-12-9-8-10-13-22)29-20(2)23-14-11-15-40-31(23)30(35)32(29)42-34(4,5)6/h8-10,12-13H,11,14-18H2,1-7H3. The monoisotopic (exact) mass is 575 g/mol. The van der Waals surface area contributed by atoms with Crippen LogP contribution in [0.1, 0.15) is 66.1 Å². The van der Waals surface area contributed by atoms with Gasteiger partial charge in [-0.2, -0.15) is 4.39 Å². The quantitative estimate of drug-likeness (QED) is 0.301. The van der Waals surface area contributed by atoms with Crippen LogP contribution in [0.2, 0.25) is 0 Å². The molecule has 2 aliphatic heterocycles. The molecule has 1 amide bonds. The number of hydrogen-bond donors (Lipinski definition) is 0. The number of carbonyl (C=O) groups excluding carboxylic acids is 2. The third kappa shape index (κ3) is 5.42. The Morgan fingerprint density at radius 3 is 2.24 bits per heavy atom. The lowest BCUT2D eigenvalue weighted by Crippen LogP contribution is -2.28. The first-order valence-corrected chi connectivity index (χ1v) is 14.3. The normalized spacial score (nSPS) is 14.1. The summed E-state index contributed by atoms with van der Waals surface area (Å²) in [7, 11) is 1.36. The fourth-order valence-corrected chi connectivity index (χ4v) is 6.04. The molecule has 0 unspecified atom stereocenters. The number of fused-ring (bicyclic) bond motifs is 2. The van der Waals surface area contributed by atoms with Gasteiger partial charge in [0.2, 0.25) is 5.82 Å². The number of hydrogen-bond acceptors (Lipinski definition) is 6. The second kappa shape index (κ2) is 11.3. The van der Waals surface area contributed by atoms with Crippen molar-refractivity contribution in [3.05, 3.63) is 75.1 Å². The average Bonchev–Trinajstić information content (AvgIpc) is 3.42. The molecule has 0 saturated carbocycles. The van der Waals surface area contributed by atoms with Gasteiger partial charge in [-0.3, -0.25) is 9.69 Å². The summed E-state index contributed by atoms with van der Waals surface area (Å²) < 4.78 is 39.2. The van der Waals surface area contributed by atoms with Crippen LogP contribution in [0.4, 0.5) is 9.18 Å². The fourth-order valence-electron chi connectivity index (χ4n) is 6.04. The van der Waals surface area contributed by atoms with E-state index < -0.39 is 23.5 Å². The second-order valence-corrected chi connectivity index (χ2v) is 12.0. The van der Waals surface area contributed by atoms with Crippen molar-refractivity contribution in [3.63, 3.8) is 0 Å². The smallest absolute Gasteiger partial charge is 0.415 e. The molecule has 0 aromatic heterocycles. The number of halogens is 1. The Labute approximate surface area is 246 Å². The van der Waals surface area contributed by atoms with Gasteiger partial charge in [0.25, 0.3) is 0 Å². The molecule has 0 bridgehead atoms. The van der Waals surface area contributed by atoms with Gasteiger partial charge in [0, 0.05) is 17.7 Å². The van der Waals surface area contributed by atoms with Gasteiger partial charge in [-0.05, 0) is 105 Å². The number of rotatable bonds is 5. The lowest BCUT2D eigenvalue weighted by molar-refractivity contribution is -0.139. The molecule has 2 heterocycles. The third-order valence-corrected chi connectivity index (χ3v) is 8.06. The highest BCUT2D eigenvalue weighted by Gasteiger charge is 2.36. The lowest BCUT2D eigenvalue weighted by Gasteiger charge is -2.31. The first-order valence-electron chi connectivity index (χ1n) is 14.3. The summed E-state index contributed by atoms with van der Waals surface area (Å²) in [5, 5.41) is 0. The minimum Gasteiger partial charge on any atom is -0.490 e. The first-order chi connectivity index (χ1) is 19.9. The Morgan fingerprint density at radius 2 is 1.60 bits per heavy atom. The van der Waals surface area contributed by atoms with Crippen LogP contribution in [0.15, 0.2) is 30.3 Å². The average molecular weight is 576 g/mol. The van der Waals surface area contributed by atoms with Gasteiger partial charge in [-0.15, -0.1) is 0 Å². The summed E-state index contributed by atoms with van der Waals surface area (Å²) in [4.78, 5) is 27.6. The van der Waals surface area contributed by atoms with Gasteiger partial charge < -0.3 is 18.9 Å². The van der Waals surface area contributed by atoms with Crippen LogP contribution in [0.5, 0.6) is 17.2 Å².